The van der Waals surface area contributed by atoms with Crippen LogP contribution in [0.1, 0.15) is 205 Å². The van der Waals surface area contributed by atoms with Crippen LogP contribution in [0.3, 0.4) is 0 Å². The summed E-state index contributed by atoms with van der Waals surface area (Å²) >= 11 is 0. The van der Waals surface area contributed by atoms with Crippen molar-refractivity contribution in [2.45, 2.75) is 206 Å². The minimum atomic E-state index is -0.342. The van der Waals surface area contributed by atoms with Crippen molar-refractivity contribution >= 4 is 23.9 Å². The largest absolute Gasteiger partial charge is 0.463 e. The topological polar surface area (TPSA) is 167 Å². The third-order valence-electron chi connectivity index (χ3n) is 15.3. The van der Waals surface area contributed by atoms with E-state index in [2.05, 4.69) is 48.0 Å². The fourth-order valence-corrected chi connectivity index (χ4v) is 9.97. The molecule has 0 N–H and O–H groups in total. The summed E-state index contributed by atoms with van der Waals surface area (Å²) in [4.78, 5) is 54.2. The van der Waals surface area contributed by atoms with Crippen molar-refractivity contribution in [1.29, 1.82) is 0 Å². The van der Waals surface area contributed by atoms with Crippen molar-refractivity contribution in [3.05, 3.63) is 84.0 Å². The third-order valence-corrected chi connectivity index (χ3v) is 15.3. The molecular formula is C72H118N2O14. The van der Waals surface area contributed by atoms with Crippen molar-refractivity contribution in [3.63, 3.8) is 0 Å². The minimum absolute atomic E-state index is 0.129. The molecule has 1 fully saturated rings. The standard InChI is InChI=1S/C72H118N2O14/c1-3-5-7-9-11-13-15-17-19-21-23-25-27-29-31-33-69(75)87-67-39-35-65(36-40-67)63-71(77)85-61-59-83-57-55-81-53-51-79-49-47-73-43-45-74(46-44-73)48-50-80-52-54-82-56-58-84-60-62-86-72(78)64-66-37-41-68(42-38-66)88-70(76)34-32-30-28-26-24-22-20-18-16-14-12-10-8-6-4-2/h17-20,35-42H,3-16,21-34,43-64H2,1-2H3/b19-17-,20-18-. The Kier molecular flexibility index (Phi) is 50.9. The molecule has 2 aromatic rings. The predicted molar refractivity (Wildman–Crippen MR) is 350 cm³/mol. The van der Waals surface area contributed by atoms with E-state index in [9.17, 15) is 19.2 Å². The number of benzene rings is 2. The van der Waals surface area contributed by atoms with E-state index in [1.165, 1.54) is 116 Å². The van der Waals surface area contributed by atoms with Crippen molar-refractivity contribution in [2.24, 2.45) is 0 Å². The van der Waals surface area contributed by atoms with E-state index < -0.39 is 0 Å². The summed E-state index contributed by atoms with van der Waals surface area (Å²) in [6.07, 6.45) is 42.1. The first kappa shape index (κ1) is 77.7. The van der Waals surface area contributed by atoms with Gasteiger partial charge in [-0.3, -0.25) is 29.0 Å². The highest BCUT2D eigenvalue weighted by Crippen LogP contribution is 2.18. The second kappa shape index (κ2) is 57.6. The molecule has 1 aliphatic rings. The molecule has 88 heavy (non-hydrogen) atoms. The normalized spacial score (nSPS) is 13.0. The zero-order chi connectivity index (χ0) is 62.7. The Morgan fingerprint density at radius 3 is 0.920 bits per heavy atom. The van der Waals surface area contributed by atoms with E-state index in [0.717, 1.165) is 102 Å². The van der Waals surface area contributed by atoms with Gasteiger partial charge in [0.15, 0.2) is 0 Å². The third kappa shape index (κ3) is 47.4. The highest BCUT2D eigenvalue weighted by Gasteiger charge is 2.17. The Morgan fingerprint density at radius 2 is 0.602 bits per heavy atom. The zero-order valence-electron chi connectivity index (χ0n) is 54.9. The van der Waals surface area contributed by atoms with Crippen molar-refractivity contribution < 1.29 is 66.5 Å². The highest BCUT2D eigenvalue weighted by molar-refractivity contribution is 5.74. The first-order valence-corrected chi connectivity index (χ1v) is 34.5. The molecule has 0 aliphatic carbocycles. The number of piperazine rings is 1. The lowest BCUT2D eigenvalue weighted by atomic mass is 10.1. The van der Waals surface area contributed by atoms with Crippen molar-refractivity contribution in [1.82, 2.24) is 9.80 Å². The number of nitrogens with zero attached hydrogens (tertiary/aromatic N) is 2. The summed E-state index contributed by atoms with van der Waals surface area (Å²) in [7, 11) is 0. The quantitative estimate of drug-likeness (QED) is 0.0265. The average Bonchev–Trinajstić information content (AvgIpc) is 3.68. The molecular weight excluding hydrogens is 1120 g/mol. The van der Waals surface area contributed by atoms with Gasteiger partial charge in [-0.1, -0.05) is 165 Å². The molecule has 16 heteroatoms. The monoisotopic (exact) mass is 1230 g/mol. The maximum Gasteiger partial charge on any atom is 0.311 e. The Morgan fingerprint density at radius 1 is 0.330 bits per heavy atom. The van der Waals surface area contributed by atoms with Crippen LogP contribution in [0.25, 0.3) is 0 Å². The van der Waals surface area contributed by atoms with Crippen LogP contribution >= 0.6 is 0 Å². The van der Waals surface area contributed by atoms with E-state index in [4.69, 9.17) is 47.4 Å². The van der Waals surface area contributed by atoms with E-state index >= 15 is 0 Å². The van der Waals surface area contributed by atoms with E-state index in [1.54, 1.807) is 48.5 Å². The van der Waals surface area contributed by atoms with Gasteiger partial charge < -0.3 is 47.4 Å². The van der Waals surface area contributed by atoms with Gasteiger partial charge in [0.25, 0.3) is 0 Å². The first-order chi connectivity index (χ1) is 43.3. The lowest BCUT2D eigenvalue weighted by Crippen LogP contribution is -2.48. The average molecular weight is 1240 g/mol. The van der Waals surface area contributed by atoms with Gasteiger partial charge in [0.2, 0.25) is 0 Å². The van der Waals surface area contributed by atoms with Gasteiger partial charge in [0.1, 0.15) is 24.7 Å². The predicted octanol–water partition coefficient (Wildman–Crippen LogP) is 14.2. The van der Waals surface area contributed by atoms with E-state index in [0.29, 0.717) is 90.4 Å². The molecule has 1 aliphatic heterocycles. The number of esters is 4. The number of carbonyl (C=O) groups excluding carboxylic acids is 4. The molecule has 0 radical (unpaired) electrons. The molecule has 0 aromatic heterocycles. The molecule has 0 amide bonds. The molecule has 1 saturated heterocycles. The van der Waals surface area contributed by atoms with Gasteiger partial charge in [-0.25, -0.2) is 0 Å². The first-order valence-electron chi connectivity index (χ1n) is 34.5. The second-order valence-electron chi connectivity index (χ2n) is 23.1. The number of rotatable bonds is 60. The summed E-state index contributed by atoms with van der Waals surface area (Å²) in [5.41, 5.74) is 1.57. The molecule has 0 spiro atoms. The van der Waals surface area contributed by atoms with Crippen LogP contribution in [-0.4, -0.2) is 165 Å². The van der Waals surface area contributed by atoms with Crippen LogP contribution in [0, 0.1) is 0 Å². The van der Waals surface area contributed by atoms with Crippen LogP contribution < -0.4 is 9.47 Å². The minimum Gasteiger partial charge on any atom is -0.463 e. The fraction of sp³-hybridized carbons (Fsp3) is 0.722. The highest BCUT2D eigenvalue weighted by atomic mass is 16.6. The maximum atomic E-state index is 12.3. The van der Waals surface area contributed by atoms with Crippen molar-refractivity contribution in [2.75, 3.05) is 132 Å². The number of carbonyl (C=O) groups is 4. The number of ether oxygens (including phenoxy) is 10. The molecule has 0 atom stereocenters. The molecule has 16 nitrogen and oxygen atoms in total. The van der Waals surface area contributed by atoms with Gasteiger partial charge in [-0.15, -0.1) is 0 Å². The SMILES string of the molecule is CCCCCCCC/C=C\CCCCCCCC(=O)Oc1ccc(CC(=O)OCCOCCOCCOCCN2CCN(CCOCCOCCOCCOC(=O)Cc3ccc(OC(=O)CCCCCCC/C=C\CCCCCCCC)cc3)CC2)cc1. The van der Waals surface area contributed by atoms with Crippen LogP contribution in [0.15, 0.2) is 72.8 Å². The van der Waals surface area contributed by atoms with E-state index in [1.807, 2.05) is 0 Å². The maximum absolute atomic E-state index is 12.3. The van der Waals surface area contributed by atoms with Gasteiger partial charge in [0, 0.05) is 52.1 Å². The zero-order valence-corrected chi connectivity index (χ0v) is 54.9. The summed E-state index contributed by atoms with van der Waals surface area (Å²) in [5, 5.41) is 0. The molecule has 0 bridgehead atoms. The molecule has 0 saturated carbocycles. The molecule has 3 rings (SSSR count). The van der Waals surface area contributed by atoms with Gasteiger partial charge in [0.05, 0.1) is 92.1 Å². The molecule has 2 aromatic carbocycles. The van der Waals surface area contributed by atoms with E-state index in [-0.39, 0.29) is 63.1 Å². The fourth-order valence-electron chi connectivity index (χ4n) is 9.97. The lowest BCUT2D eigenvalue weighted by Gasteiger charge is -2.34. The Balaban J connectivity index is 0.996. The smallest absolute Gasteiger partial charge is 0.311 e. The lowest BCUT2D eigenvalue weighted by molar-refractivity contribution is -0.145. The summed E-state index contributed by atoms with van der Waals surface area (Å²) in [5.74, 6) is -0.169. The molecule has 1 heterocycles. The second-order valence-corrected chi connectivity index (χ2v) is 23.1. The number of hydrogen-bond acceptors (Lipinski definition) is 16. The Hall–Kier alpha value is -4.52. The molecule has 0 unspecified atom stereocenters. The summed E-state index contributed by atoms with van der Waals surface area (Å²) in [6, 6.07) is 14.0. The number of allylic oxidation sites excluding steroid dienone is 4. The number of unbranched alkanes of at least 4 members (excludes halogenated alkanes) is 22. The Labute approximate surface area is 531 Å². The van der Waals surface area contributed by atoms with Crippen LogP contribution in [0.5, 0.6) is 11.5 Å². The van der Waals surface area contributed by atoms with Crippen molar-refractivity contribution in [3.8, 4) is 11.5 Å². The van der Waals surface area contributed by atoms with Gasteiger partial charge >= 0.3 is 23.9 Å². The molecule has 500 valence electrons. The summed E-state index contributed by atoms with van der Waals surface area (Å²) in [6.45, 7) is 16.1. The van der Waals surface area contributed by atoms with Crippen LogP contribution in [0.4, 0.5) is 0 Å². The summed E-state index contributed by atoms with van der Waals surface area (Å²) < 4.78 is 55.6. The van der Waals surface area contributed by atoms with Gasteiger partial charge in [-0.05, 0) is 99.6 Å². The van der Waals surface area contributed by atoms with Crippen LogP contribution in [-0.2, 0) is 69.9 Å². The Bertz CT molecular complexity index is 1880. The van der Waals surface area contributed by atoms with Crippen LogP contribution in [0.2, 0.25) is 0 Å². The number of hydrogen-bond donors (Lipinski definition) is 0. The van der Waals surface area contributed by atoms with Gasteiger partial charge in [-0.2, -0.15) is 0 Å².